The smallest absolute Gasteiger partial charge is 0.349 e. The van der Waals surface area contributed by atoms with Crippen molar-refractivity contribution in [3.63, 3.8) is 0 Å². The largest absolute Gasteiger partial charge is 0.511 e. The lowest BCUT2D eigenvalue weighted by molar-refractivity contribution is -0.164. The average Bonchev–Trinajstić information content (AvgIpc) is 2.80. The molecular formula is C33H45NO5S. The van der Waals surface area contributed by atoms with Gasteiger partial charge in [0.15, 0.2) is 0 Å². The molecule has 0 spiro atoms. The van der Waals surface area contributed by atoms with Gasteiger partial charge in [0.05, 0.1) is 0 Å². The van der Waals surface area contributed by atoms with Crippen molar-refractivity contribution >= 4 is 29.3 Å². The lowest BCUT2D eigenvalue weighted by Crippen LogP contribution is -2.44. The van der Waals surface area contributed by atoms with Gasteiger partial charge in [0.2, 0.25) is 5.91 Å². The molecule has 0 saturated carbocycles. The summed E-state index contributed by atoms with van der Waals surface area (Å²) >= 11 is 1.23. The van der Waals surface area contributed by atoms with E-state index < -0.39 is 11.6 Å². The molecule has 2 aromatic carbocycles. The average molecular weight is 568 g/mol. The summed E-state index contributed by atoms with van der Waals surface area (Å²) in [4.78, 5) is 27.1. The van der Waals surface area contributed by atoms with Crippen LogP contribution in [0.5, 0.6) is 5.75 Å². The van der Waals surface area contributed by atoms with Crippen molar-refractivity contribution in [3.8, 4) is 5.75 Å². The highest BCUT2D eigenvalue weighted by Crippen LogP contribution is 2.46. The first-order valence-electron chi connectivity index (χ1n) is 14.0. The van der Waals surface area contributed by atoms with Crippen LogP contribution in [0.2, 0.25) is 0 Å². The van der Waals surface area contributed by atoms with Gasteiger partial charge in [-0.2, -0.15) is 0 Å². The third kappa shape index (κ3) is 7.84. The molecule has 0 saturated heterocycles. The number of hydrogen-bond donors (Lipinski definition) is 3. The molecular weight excluding hydrogens is 522 g/mol. The number of benzene rings is 2. The molecule has 6 nitrogen and oxygen atoms in total. The topological polar surface area (TPSA) is 95.9 Å². The van der Waals surface area contributed by atoms with E-state index in [2.05, 4.69) is 26.1 Å². The molecule has 3 N–H and O–H groups in total. The lowest BCUT2D eigenvalue weighted by Gasteiger charge is -2.40. The van der Waals surface area contributed by atoms with Crippen molar-refractivity contribution in [1.82, 2.24) is 0 Å². The van der Waals surface area contributed by atoms with Crippen LogP contribution in [0.1, 0.15) is 91.3 Å². The van der Waals surface area contributed by atoms with Crippen molar-refractivity contribution in [2.75, 3.05) is 5.32 Å². The molecule has 3 rings (SSSR count). The third-order valence-electron chi connectivity index (χ3n) is 7.35. The fraction of sp³-hybridized carbons (Fsp3) is 0.515. The van der Waals surface area contributed by atoms with Crippen molar-refractivity contribution in [2.45, 2.75) is 104 Å². The predicted octanol–water partition coefficient (Wildman–Crippen LogP) is 8.21. The number of hydrogen-bond acceptors (Lipinski definition) is 6. The number of phenolic OH excluding ortho intramolecular Hbond substituents is 1. The van der Waals surface area contributed by atoms with E-state index in [-0.39, 0.29) is 45.5 Å². The molecule has 2 aromatic rings. The molecule has 1 unspecified atom stereocenters. The number of aliphatic hydroxyl groups excluding tert-OH is 1. The van der Waals surface area contributed by atoms with E-state index in [4.69, 9.17) is 4.74 Å². The van der Waals surface area contributed by atoms with Crippen LogP contribution < -0.4 is 5.32 Å². The minimum atomic E-state index is -0.826. The van der Waals surface area contributed by atoms with Crippen molar-refractivity contribution in [1.29, 1.82) is 0 Å². The summed E-state index contributed by atoms with van der Waals surface area (Å²) in [5.74, 6) is -0.317. The number of aromatic hydroxyl groups is 1. The molecule has 1 heterocycles. The van der Waals surface area contributed by atoms with E-state index in [0.717, 1.165) is 27.3 Å². The number of carbonyl (C=O) groups is 2. The van der Waals surface area contributed by atoms with Crippen LogP contribution in [0.4, 0.5) is 5.69 Å². The molecule has 218 valence electrons. The number of ether oxygens (including phenoxy) is 1. The normalized spacial score (nSPS) is 18.2. The maximum absolute atomic E-state index is 13.4. The quantitative estimate of drug-likeness (QED) is 0.278. The Bertz CT molecular complexity index is 1280. The highest BCUT2D eigenvalue weighted by molar-refractivity contribution is 8.04. The number of aliphatic hydroxyl groups is 1. The SMILES string of the molecule is Cc1cc(SC2=C(O)CC(CCc3ccc(O)cc3)(C(C)C)OC2=O)c(C(C)(C)C)cc1NC(=O)CC(C)(C)C. The highest BCUT2D eigenvalue weighted by Gasteiger charge is 2.44. The number of anilines is 1. The van der Waals surface area contributed by atoms with Gasteiger partial charge in [0.1, 0.15) is 22.0 Å². The van der Waals surface area contributed by atoms with Gasteiger partial charge in [-0.15, -0.1) is 0 Å². The molecule has 0 bridgehead atoms. The zero-order valence-electron chi connectivity index (χ0n) is 25.4. The van der Waals surface area contributed by atoms with Crippen LogP contribution in [-0.2, 0) is 26.2 Å². The van der Waals surface area contributed by atoms with Gasteiger partial charge >= 0.3 is 5.97 Å². The van der Waals surface area contributed by atoms with Crippen LogP contribution in [-0.4, -0.2) is 27.7 Å². The van der Waals surface area contributed by atoms with Crippen LogP contribution in [0.25, 0.3) is 0 Å². The first kappa shape index (κ1) is 31.6. The van der Waals surface area contributed by atoms with E-state index in [1.807, 2.05) is 65.8 Å². The summed E-state index contributed by atoms with van der Waals surface area (Å²) in [6, 6.07) is 11.0. The van der Waals surface area contributed by atoms with Crippen LogP contribution in [0, 0.1) is 18.3 Å². The molecule has 1 aliphatic heterocycles. The van der Waals surface area contributed by atoms with Gasteiger partial charge in [-0.25, -0.2) is 4.79 Å². The molecule has 40 heavy (non-hydrogen) atoms. The lowest BCUT2D eigenvalue weighted by atomic mass is 9.80. The molecule has 7 heteroatoms. The Hall–Kier alpha value is -2.93. The van der Waals surface area contributed by atoms with Crippen LogP contribution in [0.3, 0.4) is 0 Å². The second kappa shape index (κ2) is 11.9. The van der Waals surface area contributed by atoms with Crippen molar-refractivity contribution in [3.05, 3.63) is 63.8 Å². The zero-order valence-corrected chi connectivity index (χ0v) is 26.2. The minimum Gasteiger partial charge on any atom is -0.511 e. The summed E-state index contributed by atoms with van der Waals surface area (Å²) in [6.07, 6.45) is 1.85. The van der Waals surface area contributed by atoms with E-state index in [1.165, 1.54) is 11.8 Å². The number of rotatable bonds is 8. The number of cyclic esters (lactones) is 1. The Kier molecular flexibility index (Phi) is 9.40. The molecule has 1 amide bonds. The fourth-order valence-electron chi connectivity index (χ4n) is 4.89. The van der Waals surface area contributed by atoms with E-state index >= 15 is 0 Å². The van der Waals surface area contributed by atoms with Crippen LogP contribution >= 0.6 is 11.8 Å². The molecule has 0 aliphatic carbocycles. The molecule has 0 fully saturated rings. The fourth-order valence-corrected chi connectivity index (χ4v) is 6.14. The number of thioether (sulfide) groups is 1. The Balaban J connectivity index is 1.90. The maximum Gasteiger partial charge on any atom is 0.349 e. The standard InChI is InChI=1S/C33H45NO5S/c1-20(2)33(15-14-22-10-12-23(35)13-11-22)18-26(36)29(30(38)39-33)40-27-16-21(3)25(17-24(27)32(7,8)9)34-28(37)19-31(4,5)6/h10-13,16-17,20,35-36H,14-15,18-19H2,1-9H3,(H,34,37). The van der Waals surface area contributed by atoms with Gasteiger partial charge in [0.25, 0.3) is 0 Å². The number of aryl methyl sites for hydroxylation is 2. The Labute approximate surface area is 243 Å². The summed E-state index contributed by atoms with van der Waals surface area (Å²) in [7, 11) is 0. The maximum atomic E-state index is 13.4. The molecule has 0 aromatic heterocycles. The van der Waals surface area contributed by atoms with E-state index in [9.17, 15) is 19.8 Å². The highest BCUT2D eigenvalue weighted by atomic mass is 32.2. The summed E-state index contributed by atoms with van der Waals surface area (Å²) in [6.45, 7) is 18.3. The predicted molar refractivity (Wildman–Crippen MR) is 163 cm³/mol. The van der Waals surface area contributed by atoms with Gasteiger partial charge < -0.3 is 20.3 Å². The Morgan fingerprint density at radius 3 is 2.23 bits per heavy atom. The minimum absolute atomic E-state index is 0.00867. The number of esters is 1. The first-order chi connectivity index (χ1) is 18.4. The van der Waals surface area contributed by atoms with Gasteiger partial charge in [-0.1, -0.05) is 79.3 Å². The van der Waals surface area contributed by atoms with Crippen molar-refractivity contribution < 1.29 is 24.5 Å². The van der Waals surface area contributed by atoms with E-state index in [0.29, 0.717) is 19.3 Å². The summed E-state index contributed by atoms with van der Waals surface area (Å²) in [5.41, 5.74) is 2.40. The molecule has 1 aliphatic rings. The van der Waals surface area contributed by atoms with E-state index in [1.54, 1.807) is 12.1 Å². The monoisotopic (exact) mass is 567 g/mol. The summed E-state index contributed by atoms with van der Waals surface area (Å²) in [5, 5.41) is 23.9. The number of phenols is 1. The van der Waals surface area contributed by atoms with Gasteiger partial charge in [-0.05, 0) is 77.5 Å². The zero-order chi connectivity index (χ0) is 30.0. The molecule has 0 radical (unpaired) electrons. The number of carbonyl (C=O) groups excluding carboxylic acids is 2. The number of nitrogens with one attached hydrogen (secondary N) is 1. The first-order valence-corrected chi connectivity index (χ1v) is 14.8. The van der Waals surface area contributed by atoms with Crippen molar-refractivity contribution in [2.24, 2.45) is 11.3 Å². The second-order valence-electron chi connectivity index (χ2n) is 13.5. The third-order valence-corrected chi connectivity index (χ3v) is 8.51. The van der Waals surface area contributed by atoms with Gasteiger partial charge in [0, 0.05) is 23.4 Å². The number of amides is 1. The molecule has 1 atom stereocenters. The second-order valence-corrected chi connectivity index (χ2v) is 14.6. The Morgan fingerprint density at radius 1 is 1.07 bits per heavy atom. The van der Waals surface area contributed by atoms with Gasteiger partial charge in [-0.3, -0.25) is 4.79 Å². The summed E-state index contributed by atoms with van der Waals surface area (Å²) < 4.78 is 6.13. The Morgan fingerprint density at radius 2 is 1.70 bits per heavy atom. The van der Waals surface area contributed by atoms with Crippen LogP contribution in [0.15, 0.2) is 52.0 Å².